The number of nitrogens with two attached hydrogens (primary N) is 1. The Labute approximate surface area is 122 Å². The SMILES string of the molecule is CC(C)n1ncc2ccc(NC(=O)CNC(=O)CN)cc21. The second kappa shape index (κ2) is 6.36. The van der Waals surface area contributed by atoms with Crippen molar-refractivity contribution in [3.05, 3.63) is 24.4 Å². The van der Waals surface area contributed by atoms with Gasteiger partial charge in [0.25, 0.3) is 0 Å². The number of aromatic nitrogens is 2. The largest absolute Gasteiger partial charge is 0.346 e. The smallest absolute Gasteiger partial charge is 0.243 e. The Morgan fingerprint density at radius 3 is 2.76 bits per heavy atom. The summed E-state index contributed by atoms with van der Waals surface area (Å²) in [6.45, 7) is 3.85. The van der Waals surface area contributed by atoms with Crippen molar-refractivity contribution in [1.29, 1.82) is 0 Å². The molecule has 1 aromatic carbocycles. The maximum absolute atomic E-state index is 11.7. The van der Waals surface area contributed by atoms with Crippen molar-refractivity contribution in [3.63, 3.8) is 0 Å². The summed E-state index contributed by atoms with van der Waals surface area (Å²) < 4.78 is 1.89. The summed E-state index contributed by atoms with van der Waals surface area (Å²) in [5, 5.41) is 10.5. The average Bonchev–Trinajstić information content (AvgIpc) is 2.88. The van der Waals surface area contributed by atoms with Gasteiger partial charge in [0.1, 0.15) is 0 Å². The Balaban J connectivity index is 2.10. The lowest BCUT2D eigenvalue weighted by Crippen LogP contribution is -2.36. The van der Waals surface area contributed by atoms with Gasteiger partial charge < -0.3 is 16.4 Å². The summed E-state index contributed by atoms with van der Waals surface area (Å²) in [6.07, 6.45) is 1.79. The topological polar surface area (TPSA) is 102 Å². The van der Waals surface area contributed by atoms with Crippen LogP contribution < -0.4 is 16.4 Å². The molecule has 1 heterocycles. The van der Waals surface area contributed by atoms with Crippen LogP contribution in [-0.2, 0) is 9.59 Å². The molecular formula is C14H19N5O2. The van der Waals surface area contributed by atoms with E-state index < -0.39 is 0 Å². The van der Waals surface area contributed by atoms with E-state index in [1.807, 2.05) is 30.7 Å². The number of fused-ring (bicyclic) bond motifs is 1. The molecule has 0 saturated carbocycles. The van der Waals surface area contributed by atoms with Crippen molar-refractivity contribution in [2.24, 2.45) is 5.73 Å². The number of carbonyl (C=O) groups excluding carboxylic acids is 2. The normalized spacial score (nSPS) is 10.9. The van der Waals surface area contributed by atoms with Crippen molar-refractivity contribution in [1.82, 2.24) is 15.1 Å². The molecule has 7 nitrogen and oxygen atoms in total. The molecule has 0 saturated heterocycles. The summed E-state index contributed by atoms with van der Waals surface area (Å²) in [7, 11) is 0. The standard InChI is InChI=1S/C14H19N5O2/c1-9(2)19-12-5-11(4-3-10(12)7-17-19)18-14(21)8-16-13(20)6-15/h3-5,7,9H,6,8,15H2,1-2H3,(H,16,20)(H,18,21). The first-order valence-electron chi connectivity index (χ1n) is 6.75. The van der Waals surface area contributed by atoms with Crippen molar-refractivity contribution < 1.29 is 9.59 Å². The molecular weight excluding hydrogens is 270 g/mol. The van der Waals surface area contributed by atoms with E-state index in [1.165, 1.54) is 0 Å². The average molecular weight is 289 g/mol. The maximum Gasteiger partial charge on any atom is 0.243 e. The number of benzene rings is 1. The summed E-state index contributed by atoms with van der Waals surface area (Å²) in [4.78, 5) is 22.7. The molecule has 2 rings (SSSR count). The number of carbonyl (C=O) groups is 2. The van der Waals surface area contributed by atoms with Gasteiger partial charge in [-0.15, -0.1) is 0 Å². The predicted octanol–water partition coefficient (Wildman–Crippen LogP) is 0.631. The van der Waals surface area contributed by atoms with E-state index in [0.29, 0.717) is 5.69 Å². The molecule has 7 heteroatoms. The highest BCUT2D eigenvalue weighted by Gasteiger charge is 2.09. The molecule has 0 aliphatic rings. The number of anilines is 1. The van der Waals surface area contributed by atoms with E-state index in [4.69, 9.17) is 5.73 Å². The Morgan fingerprint density at radius 1 is 1.33 bits per heavy atom. The number of rotatable bonds is 5. The van der Waals surface area contributed by atoms with Crippen LogP contribution in [-0.4, -0.2) is 34.7 Å². The third-order valence-corrected chi connectivity index (χ3v) is 3.00. The van der Waals surface area contributed by atoms with Gasteiger partial charge in [0, 0.05) is 17.1 Å². The van der Waals surface area contributed by atoms with E-state index >= 15 is 0 Å². The van der Waals surface area contributed by atoms with Crippen LogP contribution >= 0.6 is 0 Å². The molecule has 2 aromatic rings. The first-order chi connectivity index (χ1) is 10.0. The van der Waals surface area contributed by atoms with Crippen LogP contribution in [0, 0.1) is 0 Å². The van der Waals surface area contributed by atoms with Crippen molar-refractivity contribution in [2.75, 3.05) is 18.4 Å². The zero-order chi connectivity index (χ0) is 15.4. The Bertz CT molecular complexity index is 662. The molecule has 21 heavy (non-hydrogen) atoms. The maximum atomic E-state index is 11.7. The molecule has 0 aliphatic heterocycles. The van der Waals surface area contributed by atoms with Crippen LogP contribution in [0.3, 0.4) is 0 Å². The molecule has 0 spiro atoms. The van der Waals surface area contributed by atoms with Gasteiger partial charge in [0.2, 0.25) is 11.8 Å². The number of nitrogens with zero attached hydrogens (tertiary/aromatic N) is 2. The lowest BCUT2D eigenvalue weighted by atomic mass is 10.2. The monoisotopic (exact) mass is 289 g/mol. The molecule has 0 radical (unpaired) electrons. The zero-order valence-corrected chi connectivity index (χ0v) is 12.1. The van der Waals surface area contributed by atoms with Crippen LogP contribution in [0.5, 0.6) is 0 Å². The molecule has 112 valence electrons. The number of amides is 2. The summed E-state index contributed by atoms with van der Waals surface area (Å²) >= 11 is 0. The van der Waals surface area contributed by atoms with E-state index in [9.17, 15) is 9.59 Å². The predicted molar refractivity (Wildman–Crippen MR) is 80.8 cm³/mol. The Kier molecular flexibility index (Phi) is 4.54. The molecule has 0 atom stereocenters. The van der Waals surface area contributed by atoms with Crippen LogP contribution in [0.25, 0.3) is 10.9 Å². The highest BCUT2D eigenvalue weighted by Crippen LogP contribution is 2.21. The third kappa shape index (κ3) is 3.57. The highest BCUT2D eigenvalue weighted by molar-refractivity contribution is 5.96. The molecule has 1 aromatic heterocycles. The number of hydrogen-bond donors (Lipinski definition) is 3. The van der Waals surface area contributed by atoms with Crippen molar-refractivity contribution >= 4 is 28.4 Å². The molecule has 4 N–H and O–H groups in total. The van der Waals surface area contributed by atoms with Gasteiger partial charge in [-0.3, -0.25) is 14.3 Å². The summed E-state index contributed by atoms with van der Waals surface area (Å²) in [5.41, 5.74) is 6.77. The first-order valence-corrected chi connectivity index (χ1v) is 6.75. The van der Waals surface area contributed by atoms with E-state index in [2.05, 4.69) is 15.7 Å². The summed E-state index contributed by atoms with van der Waals surface area (Å²) in [6, 6.07) is 5.80. The van der Waals surface area contributed by atoms with Gasteiger partial charge in [-0.25, -0.2) is 0 Å². The lowest BCUT2D eigenvalue weighted by molar-refractivity contribution is -0.123. The van der Waals surface area contributed by atoms with E-state index in [-0.39, 0.29) is 30.9 Å². The van der Waals surface area contributed by atoms with Crippen LogP contribution in [0.1, 0.15) is 19.9 Å². The van der Waals surface area contributed by atoms with Gasteiger partial charge in [0.15, 0.2) is 0 Å². The van der Waals surface area contributed by atoms with Gasteiger partial charge >= 0.3 is 0 Å². The molecule has 2 amide bonds. The van der Waals surface area contributed by atoms with Crippen LogP contribution in [0.4, 0.5) is 5.69 Å². The second-order valence-electron chi connectivity index (χ2n) is 4.99. The summed E-state index contributed by atoms with van der Waals surface area (Å²) in [5.74, 6) is -0.662. The fourth-order valence-electron chi connectivity index (χ4n) is 1.98. The van der Waals surface area contributed by atoms with Crippen molar-refractivity contribution in [2.45, 2.75) is 19.9 Å². The third-order valence-electron chi connectivity index (χ3n) is 3.00. The van der Waals surface area contributed by atoms with Gasteiger partial charge in [-0.2, -0.15) is 5.10 Å². The van der Waals surface area contributed by atoms with Gasteiger partial charge in [-0.05, 0) is 32.0 Å². The minimum absolute atomic E-state index is 0.0997. The van der Waals surface area contributed by atoms with Crippen LogP contribution in [0.2, 0.25) is 0 Å². The zero-order valence-electron chi connectivity index (χ0n) is 12.1. The van der Waals surface area contributed by atoms with Gasteiger partial charge in [-0.1, -0.05) is 0 Å². The number of hydrogen-bond acceptors (Lipinski definition) is 4. The Hall–Kier alpha value is -2.41. The fraction of sp³-hybridized carbons (Fsp3) is 0.357. The minimum Gasteiger partial charge on any atom is -0.346 e. The minimum atomic E-state index is -0.363. The molecule has 0 unspecified atom stereocenters. The fourth-order valence-corrected chi connectivity index (χ4v) is 1.98. The van der Waals surface area contributed by atoms with Crippen LogP contribution in [0.15, 0.2) is 24.4 Å². The Morgan fingerprint density at radius 2 is 2.10 bits per heavy atom. The lowest BCUT2D eigenvalue weighted by Gasteiger charge is -2.09. The van der Waals surface area contributed by atoms with E-state index in [1.54, 1.807) is 12.3 Å². The van der Waals surface area contributed by atoms with Gasteiger partial charge in [0.05, 0.1) is 24.8 Å². The molecule has 0 fully saturated rings. The van der Waals surface area contributed by atoms with E-state index in [0.717, 1.165) is 10.9 Å². The second-order valence-corrected chi connectivity index (χ2v) is 4.99. The molecule has 0 bridgehead atoms. The first kappa shape index (κ1) is 15.0. The number of nitrogens with one attached hydrogen (secondary N) is 2. The quantitative estimate of drug-likeness (QED) is 0.751. The van der Waals surface area contributed by atoms with Crippen molar-refractivity contribution in [3.8, 4) is 0 Å². The highest BCUT2D eigenvalue weighted by atomic mass is 16.2. The molecule has 0 aliphatic carbocycles.